The summed E-state index contributed by atoms with van der Waals surface area (Å²) >= 11 is 0. The molecule has 1 unspecified atom stereocenters. The van der Waals surface area contributed by atoms with Crippen molar-refractivity contribution < 1.29 is 16.8 Å². The first-order valence-electron chi connectivity index (χ1n) is 7.94. The quantitative estimate of drug-likeness (QED) is 0.395. The van der Waals surface area contributed by atoms with Crippen LogP contribution in [0.3, 0.4) is 0 Å². The van der Waals surface area contributed by atoms with Gasteiger partial charge in [0.25, 0.3) is 0 Å². The van der Waals surface area contributed by atoms with E-state index >= 15 is 0 Å². The van der Waals surface area contributed by atoms with Crippen LogP contribution in [-0.2, 0) is 19.9 Å². The van der Waals surface area contributed by atoms with Crippen molar-refractivity contribution in [3.8, 4) is 0 Å². The molecule has 1 aliphatic carbocycles. The number of sulfone groups is 1. The minimum absolute atomic E-state index is 0.0383. The van der Waals surface area contributed by atoms with Crippen LogP contribution in [-0.4, -0.2) is 66.2 Å². The minimum Gasteiger partial charge on any atom is -0.355 e. The van der Waals surface area contributed by atoms with E-state index in [0.29, 0.717) is 24.8 Å². The molecule has 3 N–H and O–H groups in total. The summed E-state index contributed by atoms with van der Waals surface area (Å²) in [4.78, 5) is 4.00. The minimum atomic E-state index is -3.29. The zero-order valence-corrected chi connectivity index (χ0v) is 15.0. The van der Waals surface area contributed by atoms with Gasteiger partial charge in [-0.05, 0) is 25.2 Å². The van der Waals surface area contributed by atoms with Gasteiger partial charge in [-0.25, -0.2) is 21.6 Å². The Morgan fingerprint density at radius 2 is 2.00 bits per heavy atom. The van der Waals surface area contributed by atoms with Gasteiger partial charge >= 0.3 is 0 Å². The molecule has 0 aromatic carbocycles. The van der Waals surface area contributed by atoms with E-state index in [0.717, 1.165) is 12.8 Å². The lowest BCUT2D eigenvalue weighted by atomic mass is 9.86. The number of aliphatic imine (C=N–C) groups is 1. The molecule has 1 atom stereocenters. The topological polar surface area (TPSA) is 117 Å². The summed E-state index contributed by atoms with van der Waals surface area (Å²) in [6, 6.07) is -0.167. The Morgan fingerprint density at radius 1 is 1.26 bits per heavy atom. The van der Waals surface area contributed by atoms with Crippen LogP contribution < -0.4 is 15.4 Å². The van der Waals surface area contributed by atoms with E-state index in [-0.39, 0.29) is 29.8 Å². The van der Waals surface area contributed by atoms with Gasteiger partial charge in [0.05, 0.1) is 17.3 Å². The lowest BCUT2D eigenvalue weighted by Crippen LogP contribution is -2.46. The molecule has 1 saturated carbocycles. The van der Waals surface area contributed by atoms with Crippen molar-refractivity contribution in [3.05, 3.63) is 0 Å². The van der Waals surface area contributed by atoms with Crippen molar-refractivity contribution in [3.63, 3.8) is 0 Å². The summed E-state index contributed by atoms with van der Waals surface area (Å²) in [5.74, 6) is 1.15. The van der Waals surface area contributed by atoms with Crippen LogP contribution in [0.1, 0.15) is 25.7 Å². The fourth-order valence-electron chi connectivity index (χ4n) is 2.61. The highest BCUT2D eigenvalue weighted by Crippen LogP contribution is 2.25. The highest BCUT2D eigenvalue weighted by atomic mass is 32.2. The molecular weight excluding hydrogens is 340 g/mol. The Morgan fingerprint density at radius 3 is 2.52 bits per heavy atom. The summed E-state index contributed by atoms with van der Waals surface area (Å²) < 4.78 is 49.2. The van der Waals surface area contributed by atoms with E-state index in [4.69, 9.17) is 0 Å². The molecule has 0 aromatic rings. The van der Waals surface area contributed by atoms with E-state index in [1.807, 2.05) is 0 Å². The molecule has 1 saturated heterocycles. The van der Waals surface area contributed by atoms with Crippen molar-refractivity contribution in [1.82, 2.24) is 15.4 Å². The zero-order chi connectivity index (χ0) is 16.9. The lowest BCUT2D eigenvalue weighted by molar-refractivity contribution is 0.316. The Kier molecular flexibility index (Phi) is 6.26. The first-order valence-corrected chi connectivity index (χ1v) is 11.4. The van der Waals surface area contributed by atoms with Crippen LogP contribution in [0.4, 0.5) is 0 Å². The van der Waals surface area contributed by atoms with Gasteiger partial charge in [0, 0.05) is 26.2 Å². The number of rotatable bonds is 7. The number of hydrogen-bond acceptors (Lipinski definition) is 5. The second kappa shape index (κ2) is 7.80. The molecule has 23 heavy (non-hydrogen) atoms. The third-order valence-electron chi connectivity index (χ3n) is 4.28. The van der Waals surface area contributed by atoms with Gasteiger partial charge in [0.1, 0.15) is 0 Å². The zero-order valence-electron chi connectivity index (χ0n) is 13.4. The monoisotopic (exact) mass is 366 g/mol. The predicted molar refractivity (Wildman–Crippen MR) is 90.7 cm³/mol. The maximum absolute atomic E-state index is 11.9. The maximum atomic E-state index is 11.9. The number of nitrogens with one attached hydrogen (secondary N) is 3. The standard InChI is InChI=1S/C13H26N4O4S2/c1-14-13(17-12-5-7-22(18,19)10-12)15-6-8-23(20,21)16-9-11-3-2-4-11/h11-12,16H,2-10H2,1H3,(H2,14,15,17). The summed E-state index contributed by atoms with van der Waals surface area (Å²) in [6.07, 6.45) is 3.93. The average Bonchev–Trinajstić information content (AvgIpc) is 2.74. The Bertz CT molecular complexity index is 626. The van der Waals surface area contributed by atoms with Gasteiger partial charge in [-0.3, -0.25) is 4.99 Å². The van der Waals surface area contributed by atoms with E-state index in [2.05, 4.69) is 20.3 Å². The van der Waals surface area contributed by atoms with Crippen molar-refractivity contribution in [2.24, 2.45) is 10.9 Å². The normalized spacial score (nSPS) is 25.1. The Balaban J connectivity index is 1.68. The van der Waals surface area contributed by atoms with Crippen LogP contribution in [0.5, 0.6) is 0 Å². The van der Waals surface area contributed by atoms with Crippen molar-refractivity contribution in [2.45, 2.75) is 31.7 Å². The molecule has 0 aromatic heterocycles. The second-order valence-corrected chi connectivity index (χ2v) is 10.4. The molecule has 1 aliphatic heterocycles. The van der Waals surface area contributed by atoms with Gasteiger partial charge in [-0.1, -0.05) is 6.42 Å². The highest BCUT2D eigenvalue weighted by Gasteiger charge is 2.28. The predicted octanol–water partition coefficient (Wildman–Crippen LogP) is -0.942. The third kappa shape index (κ3) is 6.27. The smallest absolute Gasteiger partial charge is 0.213 e. The molecule has 0 bridgehead atoms. The summed E-state index contributed by atoms with van der Waals surface area (Å²) in [7, 11) is -4.68. The van der Waals surface area contributed by atoms with Gasteiger partial charge in [0.15, 0.2) is 15.8 Å². The highest BCUT2D eigenvalue weighted by molar-refractivity contribution is 7.91. The summed E-state index contributed by atoms with van der Waals surface area (Å²) in [6.45, 7) is 0.744. The average molecular weight is 367 g/mol. The first kappa shape index (κ1) is 18.5. The molecule has 10 heteroatoms. The third-order valence-corrected chi connectivity index (χ3v) is 7.39. The number of hydrogen-bond donors (Lipinski definition) is 3. The van der Waals surface area contributed by atoms with Crippen LogP contribution in [0.15, 0.2) is 4.99 Å². The van der Waals surface area contributed by atoms with Crippen LogP contribution in [0, 0.1) is 5.92 Å². The molecule has 2 rings (SSSR count). The van der Waals surface area contributed by atoms with Crippen molar-refractivity contribution in [1.29, 1.82) is 0 Å². The molecular formula is C13H26N4O4S2. The summed E-state index contributed by atoms with van der Waals surface area (Å²) in [5, 5.41) is 5.94. The maximum Gasteiger partial charge on any atom is 0.213 e. The summed E-state index contributed by atoms with van der Waals surface area (Å²) in [5.41, 5.74) is 0. The van der Waals surface area contributed by atoms with E-state index in [1.54, 1.807) is 7.05 Å². The van der Waals surface area contributed by atoms with E-state index in [1.165, 1.54) is 6.42 Å². The fraction of sp³-hybridized carbons (Fsp3) is 0.923. The first-order chi connectivity index (χ1) is 10.8. The Labute approximate surface area is 138 Å². The molecule has 0 amide bonds. The van der Waals surface area contributed by atoms with Crippen LogP contribution >= 0.6 is 0 Å². The van der Waals surface area contributed by atoms with E-state index in [9.17, 15) is 16.8 Å². The second-order valence-electron chi connectivity index (χ2n) is 6.21. The molecule has 1 heterocycles. The molecule has 2 fully saturated rings. The lowest BCUT2D eigenvalue weighted by Gasteiger charge is -2.25. The van der Waals surface area contributed by atoms with Gasteiger partial charge < -0.3 is 10.6 Å². The fourth-order valence-corrected chi connectivity index (χ4v) is 5.29. The van der Waals surface area contributed by atoms with Crippen LogP contribution in [0.2, 0.25) is 0 Å². The van der Waals surface area contributed by atoms with Crippen LogP contribution in [0.25, 0.3) is 0 Å². The molecule has 0 radical (unpaired) electrons. The van der Waals surface area contributed by atoms with Gasteiger partial charge in [0.2, 0.25) is 10.0 Å². The SMILES string of the molecule is CN=C(NCCS(=O)(=O)NCC1CCC1)NC1CCS(=O)(=O)C1. The molecule has 8 nitrogen and oxygen atoms in total. The molecule has 2 aliphatic rings. The number of guanidine groups is 1. The van der Waals surface area contributed by atoms with Gasteiger partial charge in [-0.2, -0.15) is 0 Å². The Hall–Kier alpha value is -0.870. The van der Waals surface area contributed by atoms with E-state index < -0.39 is 19.9 Å². The van der Waals surface area contributed by atoms with Gasteiger partial charge in [-0.15, -0.1) is 0 Å². The molecule has 134 valence electrons. The molecule has 0 spiro atoms. The number of nitrogens with zero attached hydrogens (tertiary/aromatic N) is 1. The number of sulfonamides is 1. The van der Waals surface area contributed by atoms with Crippen molar-refractivity contribution >= 4 is 25.8 Å². The van der Waals surface area contributed by atoms with Crippen molar-refractivity contribution in [2.75, 3.05) is 37.4 Å². The largest absolute Gasteiger partial charge is 0.355 e.